The summed E-state index contributed by atoms with van der Waals surface area (Å²) in [6, 6.07) is 5.30. The number of benzene rings is 1. The number of nitrogens with one attached hydrogen (secondary N) is 1. The molecule has 1 aromatic rings. The zero-order valence-electron chi connectivity index (χ0n) is 12.5. The lowest BCUT2D eigenvalue weighted by molar-refractivity contribution is -0.137. The third-order valence-electron chi connectivity index (χ3n) is 3.72. The summed E-state index contributed by atoms with van der Waals surface area (Å²) in [6.45, 7) is 0.734. The van der Waals surface area contributed by atoms with Crippen LogP contribution in [-0.2, 0) is 10.9 Å². The summed E-state index contributed by atoms with van der Waals surface area (Å²) >= 11 is 0. The van der Waals surface area contributed by atoms with E-state index in [1.807, 2.05) is 0 Å². The lowest BCUT2D eigenvalue weighted by Crippen LogP contribution is -2.36. The van der Waals surface area contributed by atoms with E-state index >= 15 is 0 Å². The first-order chi connectivity index (χ1) is 10.9. The van der Waals surface area contributed by atoms with Crippen molar-refractivity contribution in [3.05, 3.63) is 47.5 Å². The minimum absolute atomic E-state index is 0.00719. The Morgan fingerprint density at radius 2 is 2.09 bits per heavy atom. The van der Waals surface area contributed by atoms with Crippen LogP contribution in [0.4, 0.5) is 18.0 Å². The first kappa shape index (κ1) is 17.3. The summed E-state index contributed by atoms with van der Waals surface area (Å²) in [5, 5.41) is 2.55. The Hall–Kier alpha value is -2.02. The minimum Gasteiger partial charge on any atom is -0.446 e. The molecule has 1 amide bonds. The Balaban J connectivity index is 1.78. The third-order valence-corrected chi connectivity index (χ3v) is 3.72. The smallest absolute Gasteiger partial charge is 0.416 e. The number of hydrogen-bond donors (Lipinski definition) is 2. The predicted octanol–water partition coefficient (Wildman–Crippen LogP) is 3.19. The van der Waals surface area contributed by atoms with E-state index < -0.39 is 17.8 Å². The van der Waals surface area contributed by atoms with Crippen LogP contribution >= 0.6 is 0 Å². The standard InChI is InChI=1S/C16H19F3N2O2/c17-16(18,19)13-5-3-4-11(8-13)12-9-14(10-12)23-15(22)21-7-2-1-6-20/h1-5,8,12,14H,6-7,9-10,20H2,(H,21,22)/b2-1+/t12-,14-. The van der Waals surface area contributed by atoms with Gasteiger partial charge in [-0.15, -0.1) is 0 Å². The number of amides is 1. The van der Waals surface area contributed by atoms with E-state index in [0.29, 0.717) is 31.5 Å². The Kier molecular flexibility index (Phi) is 5.65. The third kappa shape index (κ3) is 4.99. The fraction of sp³-hybridized carbons (Fsp3) is 0.438. The van der Waals surface area contributed by atoms with Crippen LogP contribution in [0.5, 0.6) is 0 Å². The lowest BCUT2D eigenvalue weighted by atomic mass is 9.77. The van der Waals surface area contributed by atoms with Gasteiger partial charge in [0.15, 0.2) is 0 Å². The molecule has 0 saturated heterocycles. The molecule has 1 aromatic carbocycles. The summed E-state index contributed by atoms with van der Waals surface area (Å²) < 4.78 is 43.2. The second-order valence-electron chi connectivity index (χ2n) is 5.41. The van der Waals surface area contributed by atoms with Gasteiger partial charge in [0, 0.05) is 13.1 Å². The van der Waals surface area contributed by atoms with E-state index in [1.54, 1.807) is 18.2 Å². The molecule has 1 aliphatic rings. The van der Waals surface area contributed by atoms with Crippen molar-refractivity contribution in [3.8, 4) is 0 Å². The SMILES string of the molecule is NC/C=C/CNC(=O)O[C@H]1C[C@H](c2cccc(C(F)(F)F)c2)C1. The number of alkyl carbamates (subject to hydrolysis) is 1. The minimum atomic E-state index is -4.34. The number of alkyl halides is 3. The molecule has 0 bridgehead atoms. The molecule has 0 atom stereocenters. The maximum Gasteiger partial charge on any atom is 0.416 e. The van der Waals surface area contributed by atoms with Crippen LogP contribution in [0.2, 0.25) is 0 Å². The maximum atomic E-state index is 12.7. The molecule has 0 spiro atoms. The average Bonchev–Trinajstić information content (AvgIpc) is 2.46. The first-order valence-corrected chi connectivity index (χ1v) is 7.37. The number of halogens is 3. The van der Waals surface area contributed by atoms with Gasteiger partial charge in [0.05, 0.1) is 5.56 Å². The van der Waals surface area contributed by atoms with Crippen molar-refractivity contribution in [2.24, 2.45) is 5.73 Å². The fourth-order valence-electron chi connectivity index (χ4n) is 2.42. The number of nitrogens with two attached hydrogens (primary N) is 1. The van der Waals surface area contributed by atoms with Crippen LogP contribution in [-0.4, -0.2) is 25.3 Å². The van der Waals surface area contributed by atoms with E-state index in [2.05, 4.69) is 5.32 Å². The second kappa shape index (κ2) is 7.50. The zero-order valence-corrected chi connectivity index (χ0v) is 12.5. The number of ether oxygens (including phenoxy) is 1. The molecule has 0 aromatic heterocycles. The Bertz CT molecular complexity index is 567. The topological polar surface area (TPSA) is 64.3 Å². The van der Waals surface area contributed by atoms with Crippen LogP contribution < -0.4 is 11.1 Å². The van der Waals surface area contributed by atoms with Gasteiger partial charge in [0.25, 0.3) is 0 Å². The molecule has 1 saturated carbocycles. The average molecular weight is 328 g/mol. The zero-order chi connectivity index (χ0) is 16.9. The Morgan fingerprint density at radius 1 is 1.35 bits per heavy atom. The van der Waals surface area contributed by atoms with E-state index in [0.717, 1.165) is 6.07 Å². The molecule has 0 aliphatic heterocycles. The fourth-order valence-corrected chi connectivity index (χ4v) is 2.42. The maximum absolute atomic E-state index is 12.7. The van der Waals surface area contributed by atoms with Crippen molar-refractivity contribution in [2.45, 2.75) is 31.0 Å². The summed E-state index contributed by atoms with van der Waals surface area (Å²) in [4.78, 5) is 11.5. The van der Waals surface area contributed by atoms with Crippen LogP contribution in [0, 0.1) is 0 Å². The number of rotatable bonds is 5. The molecule has 1 aliphatic carbocycles. The van der Waals surface area contributed by atoms with Crippen LogP contribution in [0.3, 0.4) is 0 Å². The molecule has 0 unspecified atom stereocenters. The highest BCUT2D eigenvalue weighted by molar-refractivity contribution is 5.67. The van der Waals surface area contributed by atoms with Crippen molar-refractivity contribution in [3.63, 3.8) is 0 Å². The molecule has 7 heteroatoms. The summed E-state index contributed by atoms with van der Waals surface area (Å²) in [6.07, 6.45) is -0.624. The Labute approximate surface area is 132 Å². The molecule has 4 nitrogen and oxygen atoms in total. The molecule has 126 valence electrons. The monoisotopic (exact) mass is 328 g/mol. The highest BCUT2D eigenvalue weighted by Crippen LogP contribution is 2.40. The van der Waals surface area contributed by atoms with Gasteiger partial charge in [-0.2, -0.15) is 13.2 Å². The van der Waals surface area contributed by atoms with Gasteiger partial charge in [-0.25, -0.2) is 4.79 Å². The summed E-state index contributed by atoms with van der Waals surface area (Å²) in [7, 11) is 0. The summed E-state index contributed by atoms with van der Waals surface area (Å²) in [5.41, 5.74) is 5.24. The molecule has 0 radical (unpaired) electrons. The number of hydrogen-bond acceptors (Lipinski definition) is 3. The lowest BCUT2D eigenvalue weighted by Gasteiger charge is -2.35. The molecular weight excluding hydrogens is 309 g/mol. The van der Waals surface area contributed by atoms with Gasteiger partial charge in [-0.3, -0.25) is 0 Å². The molecule has 23 heavy (non-hydrogen) atoms. The van der Waals surface area contributed by atoms with E-state index in [1.165, 1.54) is 12.1 Å². The highest BCUT2D eigenvalue weighted by atomic mass is 19.4. The summed E-state index contributed by atoms with van der Waals surface area (Å²) in [5.74, 6) is -0.00719. The van der Waals surface area contributed by atoms with Crippen molar-refractivity contribution in [1.82, 2.24) is 5.32 Å². The van der Waals surface area contributed by atoms with E-state index in [4.69, 9.17) is 10.5 Å². The second-order valence-corrected chi connectivity index (χ2v) is 5.41. The predicted molar refractivity (Wildman–Crippen MR) is 79.9 cm³/mol. The Morgan fingerprint density at radius 3 is 2.74 bits per heavy atom. The van der Waals surface area contributed by atoms with E-state index in [-0.39, 0.29) is 12.0 Å². The van der Waals surface area contributed by atoms with Gasteiger partial charge in [-0.05, 0) is 30.4 Å². The largest absolute Gasteiger partial charge is 0.446 e. The molecule has 1 fully saturated rings. The van der Waals surface area contributed by atoms with Crippen LogP contribution in [0.1, 0.15) is 29.9 Å². The van der Waals surface area contributed by atoms with Crippen molar-refractivity contribution in [2.75, 3.05) is 13.1 Å². The van der Waals surface area contributed by atoms with Gasteiger partial charge in [0.1, 0.15) is 6.10 Å². The quantitative estimate of drug-likeness (QED) is 0.816. The van der Waals surface area contributed by atoms with Crippen LogP contribution in [0.25, 0.3) is 0 Å². The van der Waals surface area contributed by atoms with Crippen molar-refractivity contribution in [1.29, 1.82) is 0 Å². The normalized spacial score (nSPS) is 21.0. The van der Waals surface area contributed by atoms with Gasteiger partial charge < -0.3 is 15.8 Å². The van der Waals surface area contributed by atoms with E-state index in [9.17, 15) is 18.0 Å². The highest BCUT2D eigenvalue weighted by Gasteiger charge is 2.35. The number of carbonyl (C=O) groups excluding carboxylic acids is 1. The molecule has 3 N–H and O–H groups in total. The van der Waals surface area contributed by atoms with Crippen LogP contribution in [0.15, 0.2) is 36.4 Å². The molecule has 0 heterocycles. The van der Waals surface area contributed by atoms with Gasteiger partial charge in [-0.1, -0.05) is 30.4 Å². The van der Waals surface area contributed by atoms with Crippen molar-refractivity contribution < 1.29 is 22.7 Å². The molecular formula is C16H19F3N2O2. The number of carbonyl (C=O) groups is 1. The first-order valence-electron chi connectivity index (χ1n) is 7.37. The van der Waals surface area contributed by atoms with Crippen molar-refractivity contribution >= 4 is 6.09 Å². The van der Waals surface area contributed by atoms with Gasteiger partial charge >= 0.3 is 12.3 Å². The van der Waals surface area contributed by atoms with Gasteiger partial charge in [0.2, 0.25) is 0 Å². The molecule has 2 rings (SSSR count).